The molecule has 0 saturated carbocycles. The van der Waals surface area contributed by atoms with Crippen molar-refractivity contribution in [2.24, 2.45) is 0 Å². The third-order valence-corrected chi connectivity index (χ3v) is 6.45. The van der Waals surface area contributed by atoms with Gasteiger partial charge in [0.05, 0.1) is 12.8 Å². The van der Waals surface area contributed by atoms with Crippen LogP contribution in [-0.2, 0) is 6.54 Å². The fourth-order valence-corrected chi connectivity index (χ4v) is 4.18. The first kappa shape index (κ1) is 25.7. The van der Waals surface area contributed by atoms with Gasteiger partial charge >= 0.3 is 0 Å². The van der Waals surface area contributed by atoms with E-state index >= 15 is 0 Å². The molecule has 0 aromatic carbocycles. The van der Waals surface area contributed by atoms with Crippen molar-refractivity contribution in [3.63, 3.8) is 0 Å². The van der Waals surface area contributed by atoms with E-state index in [4.69, 9.17) is 4.74 Å². The quantitative estimate of drug-likeness (QED) is 0.245. The van der Waals surface area contributed by atoms with Crippen molar-refractivity contribution in [2.45, 2.75) is 13.5 Å². The zero-order valence-corrected chi connectivity index (χ0v) is 22.3. The minimum absolute atomic E-state index is 0.290. The summed E-state index contributed by atoms with van der Waals surface area (Å²) < 4.78 is 9.44. The molecule has 5 aromatic heterocycles. The summed E-state index contributed by atoms with van der Waals surface area (Å²) in [5.74, 6) is 2.07. The van der Waals surface area contributed by atoms with E-state index < -0.39 is 0 Å². The van der Waals surface area contributed by atoms with E-state index in [1.807, 2.05) is 44.3 Å². The van der Waals surface area contributed by atoms with Gasteiger partial charge in [-0.15, -0.1) is 0 Å². The van der Waals surface area contributed by atoms with E-state index in [9.17, 15) is 4.79 Å². The van der Waals surface area contributed by atoms with Crippen LogP contribution in [0.1, 0.15) is 21.7 Å². The van der Waals surface area contributed by atoms with Gasteiger partial charge < -0.3 is 20.7 Å². The van der Waals surface area contributed by atoms with Crippen LogP contribution < -0.4 is 20.7 Å². The van der Waals surface area contributed by atoms with Crippen LogP contribution in [0.25, 0.3) is 22.6 Å². The molecular weight excluding hydrogens is 514 g/mol. The molecule has 1 amide bonds. The third kappa shape index (κ3) is 6.30. The number of pyridine rings is 3. The number of rotatable bonds is 9. The molecule has 39 heavy (non-hydrogen) atoms. The average molecular weight is 540 g/mol. The van der Waals surface area contributed by atoms with Crippen molar-refractivity contribution in [3.8, 4) is 28.5 Å². The van der Waals surface area contributed by atoms with Crippen molar-refractivity contribution >= 4 is 34.1 Å². The molecule has 0 radical (unpaired) electrons. The van der Waals surface area contributed by atoms with Gasteiger partial charge in [0, 0.05) is 67.2 Å². The van der Waals surface area contributed by atoms with Crippen LogP contribution in [0, 0.1) is 6.92 Å². The topological polar surface area (TPSA) is 140 Å². The second-order valence-corrected chi connectivity index (χ2v) is 9.23. The van der Waals surface area contributed by atoms with Crippen molar-refractivity contribution in [1.82, 2.24) is 34.6 Å². The summed E-state index contributed by atoms with van der Waals surface area (Å²) in [4.78, 5) is 34.8. The van der Waals surface area contributed by atoms with E-state index in [0.29, 0.717) is 41.1 Å². The van der Waals surface area contributed by atoms with Gasteiger partial charge in [-0.2, -0.15) is 4.37 Å². The molecule has 12 heteroatoms. The summed E-state index contributed by atoms with van der Waals surface area (Å²) in [5, 5.41) is 10.1. The summed E-state index contributed by atoms with van der Waals surface area (Å²) in [6, 6.07) is 14.7. The highest BCUT2D eigenvalue weighted by molar-refractivity contribution is 7.10. The van der Waals surface area contributed by atoms with Crippen LogP contribution in [0.4, 0.5) is 16.6 Å². The van der Waals surface area contributed by atoms with E-state index in [1.165, 1.54) is 11.5 Å². The minimum atomic E-state index is -0.290. The smallest absolute Gasteiger partial charge is 0.270 e. The Morgan fingerprint density at radius 1 is 0.923 bits per heavy atom. The van der Waals surface area contributed by atoms with Crippen molar-refractivity contribution in [1.29, 1.82) is 0 Å². The zero-order valence-electron chi connectivity index (χ0n) is 21.5. The van der Waals surface area contributed by atoms with Gasteiger partial charge in [0.2, 0.25) is 5.88 Å². The minimum Gasteiger partial charge on any atom is -0.481 e. The molecule has 0 aliphatic heterocycles. The summed E-state index contributed by atoms with van der Waals surface area (Å²) in [5.41, 5.74) is 4.29. The molecule has 5 heterocycles. The molecule has 11 nitrogen and oxygen atoms in total. The molecule has 0 bridgehead atoms. The number of methoxy groups -OCH3 is 1. The van der Waals surface area contributed by atoms with Crippen LogP contribution >= 0.6 is 11.5 Å². The van der Waals surface area contributed by atoms with Crippen LogP contribution in [-0.4, -0.2) is 49.4 Å². The van der Waals surface area contributed by atoms with E-state index in [0.717, 1.165) is 27.5 Å². The summed E-state index contributed by atoms with van der Waals surface area (Å²) in [7, 11) is 3.42. The highest BCUT2D eigenvalue weighted by Gasteiger charge is 2.11. The molecule has 3 N–H and O–H groups in total. The highest BCUT2D eigenvalue weighted by atomic mass is 32.1. The first-order valence-electron chi connectivity index (χ1n) is 12.0. The van der Waals surface area contributed by atoms with Crippen molar-refractivity contribution in [2.75, 3.05) is 24.8 Å². The molecule has 196 valence electrons. The van der Waals surface area contributed by atoms with Crippen LogP contribution in [0.5, 0.6) is 5.88 Å². The number of amides is 1. The monoisotopic (exact) mass is 539 g/mol. The molecule has 0 spiro atoms. The average Bonchev–Trinajstić information content (AvgIpc) is 3.43. The summed E-state index contributed by atoms with van der Waals surface area (Å²) in [6.45, 7) is 2.21. The van der Waals surface area contributed by atoms with Gasteiger partial charge in [0.15, 0.2) is 5.82 Å². The molecule has 0 aliphatic rings. The number of ether oxygens (including phenoxy) is 1. The molecule has 0 aliphatic carbocycles. The van der Waals surface area contributed by atoms with Gasteiger partial charge in [-0.05, 0) is 48.3 Å². The molecule has 0 fully saturated rings. The lowest BCUT2D eigenvalue weighted by molar-refractivity contribution is 0.0946. The van der Waals surface area contributed by atoms with Gasteiger partial charge in [-0.3, -0.25) is 14.8 Å². The second-order valence-electron chi connectivity index (χ2n) is 8.43. The molecule has 0 atom stereocenters. The van der Waals surface area contributed by atoms with E-state index in [-0.39, 0.29) is 5.91 Å². The Labute approximate surface area is 229 Å². The standard InChI is InChI=1S/C27H25N9O2S/c1-16-10-22(34-23-11-25(28-2)39-36-23)35-26(33-16)19-5-8-21(30-15-19)27(37)32-13-17-4-7-20(29-12-17)18-6-9-24(38-3)31-14-18/h4-12,14-15,28H,13H2,1-3H3,(H,32,37)(H,33,34,35,36). The maximum absolute atomic E-state index is 12.7. The number of anilines is 3. The fraction of sp³-hybridized carbons (Fsp3) is 0.148. The lowest BCUT2D eigenvalue weighted by Gasteiger charge is -2.08. The summed E-state index contributed by atoms with van der Waals surface area (Å²) >= 11 is 1.36. The Morgan fingerprint density at radius 2 is 1.77 bits per heavy atom. The predicted octanol–water partition coefficient (Wildman–Crippen LogP) is 4.48. The third-order valence-electron chi connectivity index (χ3n) is 5.64. The molecular formula is C27H25N9O2S. The largest absolute Gasteiger partial charge is 0.481 e. The molecule has 0 saturated heterocycles. The van der Waals surface area contributed by atoms with Gasteiger partial charge in [-0.1, -0.05) is 6.07 Å². The number of carbonyl (C=O) groups excluding carboxylic acids is 1. The fourth-order valence-electron chi connectivity index (χ4n) is 3.63. The maximum Gasteiger partial charge on any atom is 0.270 e. The number of aromatic nitrogens is 6. The molecule has 0 unspecified atom stereocenters. The SMILES string of the molecule is CNc1cc(Nc2cc(C)nc(-c3ccc(C(=O)NCc4ccc(-c5ccc(OC)nc5)nc4)nc3)n2)ns1. The number of aryl methyl sites for hydroxylation is 1. The van der Waals surface area contributed by atoms with Crippen molar-refractivity contribution in [3.05, 3.63) is 84.1 Å². The number of nitrogens with one attached hydrogen (secondary N) is 3. The Kier molecular flexibility index (Phi) is 7.64. The number of hydrogen-bond acceptors (Lipinski definition) is 11. The zero-order chi connectivity index (χ0) is 27.2. The Bertz CT molecular complexity index is 1570. The predicted molar refractivity (Wildman–Crippen MR) is 150 cm³/mol. The number of nitrogens with zero attached hydrogens (tertiary/aromatic N) is 6. The highest BCUT2D eigenvalue weighted by Crippen LogP contribution is 2.24. The van der Waals surface area contributed by atoms with Gasteiger partial charge in [0.1, 0.15) is 22.3 Å². The van der Waals surface area contributed by atoms with E-state index in [2.05, 4.69) is 45.2 Å². The number of hydrogen-bond donors (Lipinski definition) is 3. The molecule has 5 aromatic rings. The maximum atomic E-state index is 12.7. The first-order chi connectivity index (χ1) is 19.0. The number of carbonyl (C=O) groups is 1. The Balaban J connectivity index is 1.21. The van der Waals surface area contributed by atoms with Gasteiger partial charge in [-0.25, -0.2) is 15.0 Å². The first-order valence-corrected chi connectivity index (χ1v) is 12.7. The Morgan fingerprint density at radius 3 is 2.44 bits per heavy atom. The second kappa shape index (κ2) is 11.6. The lowest BCUT2D eigenvalue weighted by atomic mass is 10.1. The lowest BCUT2D eigenvalue weighted by Crippen LogP contribution is -2.23. The summed E-state index contributed by atoms with van der Waals surface area (Å²) in [6.07, 6.45) is 5.02. The van der Waals surface area contributed by atoms with E-state index in [1.54, 1.807) is 43.9 Å². The van der Waals surface area contributed by atoms with Crippen molar-refractivity contribution < 1.29 is 9.53 Å². The normalized spacial score (nSPS) is 10.6. The van der Waals surface area contributed by atoms with Crippen LogP contribution in [0.3, 0.4) is 0 Å². The van der Waals surface area contributed by atoms with Crippen LogP contribution in [0.15, 0.2) is 67.1 Å². The van der Waals surface area contributed by atoms with Gasteiger partial charge in [0.25, 0.3) is 5.91 Å². The van der Waals surface area contributed by atoms with Crippen LogP contribution in [0.2, 0.25) is 0 Å². The molecule has 5 rings (SSSR count). The Hall–Kier alpha value is -4.97.